The molecule has 21 heavy (non-hydrogen) atoms. The summed E-state index contributed by atoms with van der Waals surface area (Å²) < 4.78 is 44.1. The molecule has 0 fully saturated rings. The van der Waals surface area contributed by atoms with Crippen LogP contribution >= 0.6 is 0 Å². The van der Waals surface area contributed by atoms with E-state index in [0.717, 1.165) is 12.1 Å². The summed E-state index contributed by atoms with van der Waals surface area (Å²) in [5, 5.41) is 11.1. The van der Waals surface area contributed by atoms with Gasteiger partial charge in [0.2, 0.25) is 5.89 Å². The number of aromatic nitrogens is 2. The van der Waals surface area contributed by atoms with Crippen LogP contribution in [0.4, 0.5) is 13.2 Å². The summed E-state index contributed by atoms with van der Waals surface area (Å²) in [4.78, 5) is 4.07. The molecule has 108 valence electrons. The van der Waals surface area contributed by atoms with E-state index in [4.69, 9.17) is 4.42 Å². The maximum absolute atomic E-state index is 12.7. The van der Waals surface area contributed by atoms with Crippen LogP contribution in [0.2, 0.25) is 0 Å². The summed E-state index contributed by atoms with van der Waals surface area (Å²) >= 11 is 0. The van der Waals surface area contributed by atoms with E-state index in [1.807, 2.05) is 0 Å². The Morgan fingerprint density at radius 2 is 2.00 bits per heavy atom. The Kier molecular flexibility index (Phi) is 2.86. The Hall–Kier alpha value is -2.57. The number of nitrogens with zero attached hydrogens (tertiary/aromatic N) is 2. The Bertz CT molecular complexity index is 825. The Labute approximate surface area is 117 Å². The molecule has 4 nitrogen and oxygen atoms in total. The normalized spacial score (nSPS) is 12.0. The highest BCUT2D eigenvalue weighted by Crippen LogP contribution is 2.33. The van der Waals surface area contributed by atoms with E-state index >= 15 is 0 Å². The lowest BCUT2D eigenvalue weighted by Crippen LogP contribution is -2.24. The third kappa shape index (κ3) is 2.42. The zero-order chi connectivity index (χ0) is 15.2. The average Bonchev–Trinajstić information content (AvgIpc) is 2.79. The molecule has 0 spiro atoms. The topological polar surface area (TPSA) is 53.0 Å². The van der Waals surface area contributed by atoms with Gasteiger partial charge in [-0.2, -0.15) is 17.9 Å². The van der Waals surface area contributed by atoms with E-state index < -0.39 is 11.7 Å². The second-order valence-corrected chi connectivity index (χ2v) is 4.60. The van der Waals surface area contributed by atoms with Crippen molar-refractivity contribution < 1.29 is 22.3 Å². The van der Waals surface area contributed by atoms with Crippen LogP contribution in [0.5, 0.6) is 0 Å². The molecule has 1 aromatic carbocycles. The van der Waals surface area contributed by atoms with Crippen molar-refractivity contribution in [1.29, 1.82) is 0 Å². The lowest BCUT2D eigenvalue weighted by atomic mass is 10.1. The molecule has 0 atom stereocenters. The number of oxazole rings is 1. The predicted octanol–water partition coefficient (Wildman–Crippen LogP) is 3.46. The van der Waals surface area contributed by atoms with Gasteiger partial charge in [0.25, 0.3) is 0 Å². The van der Waals surface area contributed by atoms with E-state index in [0.29, 0.717) is 15.9 Å². The molecule has 0 N–H and O–H groups in total. The molecule has 3 aromatic rings. The molecule has 0 aliphatic rings. The first-order valence-electron chi connectivity index (χ1n) is 6.02. The van der Waals surface area contributed by atoms with Crippen molar-refractivity contribution in [3.63, 3.8) is 0 Å². The van der Waals surface area contributed by atoms with Gasteiger partial charge in [0.05, 0.1) is 11.1 Å². The maximum atomic E-state index is 12.7. The third-order valence-corrected chi connectivity index (χ3v) is 3.08. The third-order valence-electron chi connectivity index (χ3n) is 3.08. The lowest BCUT2D eigenvalue weighted by Gasteiger charge is -2.04. The monoisotopic (exact) mass is 294 g/mol. The maximum Gasteiger partial charge on any atom is 0.416 e. The van der Waals surface area contributed by atoms with Crippen LogP contribution in [0.1, 0.15) is 11.1 Å². The van der Waals surface area contributed by atoms with E-state index in [2.05, 4.69) is 4.98 Å². The molecule has 2 aromatic heterocycles. The highest BCUT2D eigenvalue weighted by molar-refractivity contribution is 5.77. The number of fused-ring (bicyclic) bond motifs is 1. The molecule has 7 heteroatoms. The SMILES string of the molecule is Cc1c[n+]([O-])ccc1-c1nc2cc(C(F)(F)F)ccc2o1. The largest absolute Gasteiger partial charge is 0.619 e. The zero-order valence-electron chi connectivity index (χ0n) is 10.8. The first-order valence-corrected chi connectivity index (χ1v) is 6.02. The smallest absolute Gasteiger partial charge is 0.416 e. The number of hydrogen-bond acceptors (Lipinski definition) is 3. The van der Waals surface area contributed by atoms with E-state index in [9.17, 15) is 18.4 Å². The van der Waals surface area contributed by atoms with Gasteiger partial charge in [-0.25, -0.2) is 4.98 Å². The van der Waals surface area contributed by atoms with Crippen LogP contribution in [0.25, 0.3) is 22.6 Å². The van der Waals surface area contributed by atoms with E-state index in [1.54, 1.807) is 6.92 Å². The first kappa shape index (κ1) is 13.4. The molecule has 0 saturated carbocycles. The zero-order valence-corrected chi connectivity index (χ0v) is 10.8. The highest BCUT2D eigenvalue weighted by Gasteiger charge is 2.31. The van der Waals surface area contributed by atoms with Gasteiger partial charge >= 0.3 is 6.18 Å². The molecule has 2 heterocycles. The van der Waals surface area contributed by atoms with Crippen LogP contribution in [0.15, 0.2) is 41.1 Å². The van der Waals surface area contributed by atoms with Gasteiger partial charge < -0.3 is 9.62 Å². The molecule has 0 radical (unpaired) electrons. The molecule has 0 amide bonds. The van der Waals surface area contributed by atoms with Crippen LogP contribution in [0, 0.1) is 12.1 Å². The summed E-state index contributed by atoms with van der Waals surface area (Å²) in [6.45, 7) is 1.69. The average molecular weight is 294 g/mol. The summed E-state index contributed by atoms with van der Waals surface area (Å²) in [5.74, 6) is 0.183. The van der Waals surface area contributed by atoms with Crippen LogP contribution in [-0.2, 0) is 6.18 Å². The van der Waals surface area contributed by atoms with Crippen molar-refractivity contribution in [1.82, 2.24) is 4.98 Å². The van der Waals surface area contributed by atoms with Crippen molar-refractivity contribution in [2.45, 2.75) is 13.1 Å². The van der Waals surface area contributed by atoms with Gasteiger partial charge in [-0.1, -0.05) is 0 Å². The van der Waals surface area contributed by atoms with Gasteiger partial charge in [0, 0.05) is 11.6 Å². The molecule has 3 rings (SSSR count). The summed E-state index contributed by atoms with van der Waals surface area (Å²) in [6.07, 6.45) is -1.81. The minimum atomic E-state index is -4.43. The molecule has 0 saturated heterocycles. The number of alkyl halides is 3. The standard InChI is InChI=1S/C14H9F3N2O2/c1-8-7-19(20)5-4-10(8)13-18-11-6-9(14(15,16)17)2-3-12(11)21-13/h2-7H,1H3. The van der Waals surface area contributed by atoms with E-state index in [1.165, 1.54) is 24.5 Å². The predicted molar refractivity (Wildman–Crippen MR) is 68.1 cm³/mol. The second kappa shape index (κ2) is 4.47. The number of hydrogen-bond donors (Lipinski definition) is 0. The van der Waals surface area contributed by atoms with Crippen molar-refractivity contribution >= 4 is 11.1 Å². The second-order valence-electron chi connectivity index (χ2n) is 4.60. The lowest BCUT2D eigenvalue weighted by molar-refractivity contribution is -0.605. The fourth-order valence-electron chi connectivity index (χ4n) is 2.04. The molecular weight excluding hydrogens is 285 g/mol. The van der Waals surface area contributed by atoms with Gasteiger partial charge in [-0.15, -0.1) is 0 Å². The molecule has 0 bridgehead atoms. The minimum absolute atomic E-state index is 0.123. The summed E-state index contributed by atoms with van der Waals surface area (Å²) in [7, 11) is 0. The number of benzene rings is 1. The minimum Gasteiger partial charge on any atom is -0.619 e. The fourth-order valence-corrected chi connectivity index (χ4v) is 2.04. The van der Waals surface area contributed by atoms with Crippen molar-refractivity contribution in [2.24, 2.45) is 0 Å². The van der Waals surface area contributed by atoms with Crippen LogP contribution in [0.3, 0.4) is 0 Å². The van der Waals surface area contributed by atoms with Gasteiger partial charge in [0.1, 0.15) is 5.52 Å². The number of pyridine rings is 1. The van der Waals surface area contributed by atoms with Gasteiger partial charge in [-0.3, -0.25) is 0 Å². The summed E-state index contributed by atoms with van der Waals surface area (Å²) in [5.41, 5.74) is 0.785. The van der Waals surface area contributed by atoms with Crippen LogP contribution in [-0.4, -0.2) is 4.98 Å². The van der Waals surface area contributed by atoms with E-state index in [-0.39, 0.29) is 17.0 Å². The van der Waals surface area contributed by atoms with Gasteiger partial charge in [-0.05, 0) is 25.1 Å². The number of halogens is 3. The number of rotatable bonds is 1. The van der Waals surface area contributed by atoms with Crippen molar-refractivity contribution in [3.8, 4) is 11.5 Å². The molecular formula is C14H9F3N2O2. The van der Waals surface area contributed by atoms with Gasteiger partial charge in [0.15, 0.2) is 18.0 Å². The first-order chi connectivity index (χ1) is 9.84. The Morgan fingerprint density at radius 1 is 1.24 bits per heavy atom. The highest BCUT2D eigenvalue weighted by atomic mass is 19.4. The Morgan fingerprint density at radius 3 is 2.67 bits per heavy atom. The van der Waals surface area contributed by atoms with Crippen LogP contribution < -0.4 is 4.73 Å². The molecule has 0 unspecified atom stereocenters. The van der Waals surface area contributed by atoms with Crippen molar-refractivity contribution in [2.75, 3.05) is 0 Å². The van der Waals surface area contributed by atoms with Crippen molar-refractivity contribution in [3.05, 3.63) is 53.0 Å². The molecule has 0 aliphatic carbocycles. The quantitative estimate of drug-likeness (QED) is 0.510. The Balaban J connectivity index is 2.13. The fraction of sp³-hybridized carbons (Fsp3) is 0.143. The molecule has 0 aliphatic heterocycles. The summed E-state index contributed by atoms with van der Waals surface area (Å²) in [6, 6.07) is 4.63. The number of aryl methyl sites for hydroxylation is 1.